The highest BCUT2D eigenvalue weighted by Crippen LogP contribution is 2.28. The van der Waals surface area contributed by atoms with Crippen molar-refractivity contribution in [1.29, 1.82) is 0 Å². The highest BCUT2D eigenvalue weighted by atomic mass is 35.5. The second kappa shape index (κ2) is 8.26. The number of amidine groups is 1. The second-order valence-corrected chi connectivity index (χ2v) is 7.27. The summed E-state index contributed by atoms with van der Waals surface area (Å²) in [6, 6.07) is 10.6. The number of oxime groups is 1. The Morgan fingerprint density at radius 3 is 2.72 bits per heavy atom. The van der Waals surface area contributed by atoms with E-state index in [-0.39, 0.29) is 17.8 Å². The molecule has 0 amide bonds. The van der Waals surface area contributed by atoms with Gasteiger partial charge in [0.15, 0.2) is 12.4 Å². The standard InChI is InChI=1S/C20H20ClFN4O3/c21-13-5-6-17-15(11-13)19(14-3-1-2-4-16(14)22)26(28)12-18(23-17)20(24-27)25-7-9-29-10-8-25/h1-6,11,18,23,27H,7-10,12H2/b24-20-. The maximum atomic E-state index is 14.6. The minimum absolute atomic E-state index is 0.0767. The highest BCUT2D eigenvalue weighted by molar-refractivity contribution is 6.31. The molecule has 29 heavy (non-hydrogen) atoms. The number of fused-ring (bicyclic) bond motifs is 1. The van der Waals surface area contributed by atoms with Crippen LogP contribution in [0.25, 0.3) is 0 Å². The average molecular weight is 419 g/mol. The van der Waals surface area contributed by atoms with Crippen LogP contribution in [0.3, 0.4) is 0 Å². The molecule has 0 bridgehead atoms. The molecular formula is C20H20ClFN4O3. The molecule has 1 saturated heterocycles. The molecule has 4 rings (SSSR count). The molecule has 1 fully saturated rings. The minimum Gasteiger partial charge on any atom is -0.623 e. The summed E-state index contributed by atoms with van der Waals surface area (Å²) in [4.78, 5) is 1.87. The molecule has 2 aromatic rings. The maximum absolute atomic E-state index is 14.6. The summed E-state index contributed by atoms with van der Waals surface area (Å²) in [7, 11) is 0. The number of nitrogens with one attached hydrogen (secondary N) is 1. The van der Waals surface area contributed by atoms with Crippen molar-refractivity contribution >= 4 is 28.8 Å². The second-order valence-electron chi connectivity index (χ2n) is 6.83. The number of morpholine rings is 1. The summed E-state index contributed by atoms with van der Waals surface area (Å²) in [6.45, 7) is 2.03. The first-order valence-electron chi connectivity index (χ1n) is 9.26. The van der Waals surface area contributed by atoms with Gasteiger partial charge in [-0.25, -0.2) is 9.13 Å². The quantitative estimate of drug-likeness (QED) is 0.196. The number of hydrogen-bond donors (Lipinski definition) is 2. The van der Waals surface area contributed by atoms with E-state index in [1.54, 1.807) is 36.4 Å². The summed E-state index contributed by atoms with van der Waals surface area (Å²) in [5.74, 6) is -0.165. The molecule has 7 nitrogen and oxygen atoms in total. The molecule has 0 radical (unpaired) electrons. The smallest absolute Gasteiger partial charge is 0.230 e. The third kappa shape index (κ3) is 3.86. The molecule has 0 aliphatic carbocycles. The summed E-state index contributed by atoms with van der Waals surface area (Å²) >= 11 is 6.18. The van der Waals surface area contributed by atoms with Gasteiger partial charge in [0, 0.05) is 23.8 Å². The van der Waals surface area contributed by atoms with E-state index in [1.807, 2.05) is 4.90 Å². The molecule has 1 atom stereocenters. The van der Waals surface area contributed by atoms with Crippen LogP contribution in [0.15, 0.2) is 47.6 Å². The van der Waals surface area contributed by atoms with Crippen LogP contribution in [0.4, 0.5) is 10.1 Å². The number of hydroxylamine groups is 1. The van der Waals surface area contributed by atoms with E-state index in [4.69, 9.17) is 16.3 Å². The number of nitrogens with zero attached hydrogens (tertiary/aromatic N) is 3. The first-order chi connectivity index (χ1) is 14.1. The van der Waals surface area contributed by atoms with Gasteiger partial charge in [-0.2, -0.15) is 0 Å². The molecular weight excluding hydrogens is 399 g/mol. The van der Waals surface area contributed by atoms with Crippen LogP contribution in [0.1, 0.15) is 11.1 Å². The van der Waals surface area contributed by atoms with Gasteiger partial charge in [0.05, 0.1) is 24.3 Å². The molecule has 0 saturated carbocycles. The third-order valence-electron chi connectivity index (χ3n) is 5.04. The van der Waals surface area contributed by atoms with Crippen LogP contribution in [0.2, 0.25) is 5.02 Å². The van der Waals surface area contributed by atoms with Crippen LogP contribution in [-0.2, 0) is 4.74 Å². The van der Waals surface area contributed by atoms with E-state index in [0.29, 0.717) is 48.4 Å². The van der Waals surface area contributed by atoms with Gasteiger partial charge in [-0.15, -0.1) is 0 Å². The van der Waals surface area contributed by atoms with Gasteiger partial charge in [0.25, 0.3) is 0 Å². The lowest BCUT2D eigenvalue weighted by Crippen LogP contribution is -2.50. The first-order valence-corrected chi connectivity index (χ1v) is 9.64. The number of rotatable bonds is 2. The molecule has 2 aliphatic rings. The van der Waals surface area contributed by atoms with Crippen LogP contribution in [0.5, 0.6) is 0 Å². The van der Waals surface area contributed by atoms with Gasteiger partial charge in [-0.05, 0) is 30.3 Å². The van der Waals surface area contributed by atoms with E-state index in [2.05, 4.69) is 10.5 Å². The zero-order chi connectivity index (χ0) is 20.4. The molecule has 152 valence electrons. The van der Waals surface area contributed by atoms with Crippen LogP contribution < -0.4 is 5.32 Å². The molecule has 0 spiro atoms. The van der Waals surface area contributed by atoms with Crippen molar-refractivity contribution in [2.75, 3.05) is 38.2 Å². The van der Waals surface area contributed by atoms with Crippen molar-refractivity contribution in [3.63, 3.8) is 0 Å². The Morgan fingerprint density at radius 2 is 2.00 bits per heavy atom. The van der Waals surface area contributed by atoms with Gasteiger partial charge in [0.2, 0.25) is 5.71 Å². The van der Waals surface area contributed by atoms with E-state index < -0.39 is 11.9 Å². The Hall–Kier alpha value is -2.84. The SMILES string of the molecule is [O-][N+]1=C(c2ccccc2F)c2cc(Cl)ccc2NC(/C(=N/O)N2CCOCC2)C1. The maximum Gasteiger partial charge on any atom is 0.230 e. The average Bonchev–Trinajstić information content (AvgIpc) is 2.86. The molecule has 2 N–H and O–H groups in total. The first kappa shape index (κ1) is 19.5. The van der Waals surface area contributed by atoms with E-state index >= 15 is 0 Å². The Labute approximate surface area is 172 Å². The number of ether oxygens (including phenoxy) is 1. The Kier molecular flexibility index (Phi) is 5.55. The van der Waals surface area contributed by atoms with Crippen LogP contribution in [-0.4, -0.2) is 65.3 Å². The lowest BCUT2D eigenvalue weighted by atomic mass is 10.00. The zero-order valence-electron chi connectivity index (χ0n) is 15.5. The summed E-state index contributed by atoms with van der Waals surface area (Å²) in [5, 5.41) is 30.1. The molecule has 2 aromatic carbocycles. The van der Waals surface area contributed by atoms with Gasteiger partial charge in [-0.3, -0.25) is 0 Å². The number of halogens is 2. The summed E-state index contributed by atoms with van der Waals surface area (Å²) in [6.07, 6.45) is 0. The largest absolute Gasteiger partial charge is 0.623 e. The zero-order valence-corrected chi connectivity index (χ0v) is 16.3. The van der Waals surface area contributed by atoms with Gasteiger partial charge in [0.1, 0.15) is 11.9 Å². The van der Waals surface area contributed by atoms with Crippen molar-refractivity contribution in [2.45, 2.75) is 6.04 Å². The monoisotopic (exact) mass is 418 g/mol. The number of anilines is 1. The van der Waals surface area contributed by atoms with Gasteiger partial charge < -0.3 is 25.4 Å². The predicted octanol–water partition coefficient (Wildman–Crippen LogP) is 2.74. The summed E-state index contributed by atoms with van der Waals surface area (Å²) < 4.78 is 20.6. The van der Waals surface area contributed by atoms with Crippen LogP contribution >= 0.6 is 11.6 Å². The fourth-order valence-electron chi connectivity index (χ4n) is 3.69. The molecule has 0 aromatic heterocycles. The lowest BCUT2D eigenvalue weighted by molar-refractivity contribution is -0.455. The number of benzene rings is 2. The van der Waals surface area contributed by atoms with E-state index in [1.165, 1.54) is 6.07 Å². The van der Waals surface area contributed by atoms with Crippen molar-refractivity contribution in [2.24, 2.45) is 5.16 Å². The van der Waals surface area contributed by atoms with E-state index in [0.717, 1.165) is 4.74 Å². The Bertz CT molecular complexity index is 976. The fourth-order valence-corrected chi connectivity index (χ4v) is 3.86. The van der Waals surface area contributed by atoms with Crippen LogP contribution in [0, 0.1) is 11.0 Å². The van der Waals surface area contributed by atoms with Crippen molar-refractivity contribution in [1.82, 2.24) is 4.90 Å². The third-order valence-corrected chi connectivity index (χ3v) is 5.28. The van der Waals surface area contributed by atoms with Gasteiger partial charge in [-0.1, -0.05) is 28.9 Å². The lowest BCUT2D eigenvalue weighted by Gasteiger charge is -2.32. The number of hydrogen-bond acceptors (Lipinski definition) is 5. The van der Waals surface area contributed by atoms with Gasteiger partial charge >= 0.3 is 0 Å². The molecule has 1 unspecified atom stereocenters. The van der Waals surface area contributed by atoms with E-state index in [9.17, 15) is 14.8 Å². The van der Waals surface area contributed by atoms with Crippen molar-refractivity contribution in [3.05, 3.63) is 69.6 Å². The predicted molar refractivity (Wildman–Crippen MR) is 109 cm³/mol. The van der Waals surface area contributed by atoms with Crippen molar-refractivity contribution in [3.8, 4) is 0 Å². The number of benzodiazepines with no additional fused rings is 1. The van der Waals surface area contributed by atoms with Crippen molar-refractivity contribution < 1.29 is 19.1 Å². The topological polar surface area (TPSA) is 83.2 Å². The normalized spacial score (nSPS) is 20.1. The Morgan fingerprint density at radius 1 is 1.24 bits per heavy atom. The molecule has 9 heteroatoms. The highest BCUT2D eigenvalue weighted by Gasteiger charge is 2.34. The molecule has 2 heterocycles. The fraction of sp³-hybridized carbons (Fsp3) is 0.300. The minimum atomic E-state index is -0.611. The Balaban J connectivity index is 1.82. The molecule has 2 aliphatic heterocycles. The summed E-state index contributed by atoms with van der Waals surface area (Å²) in [5.41, 5.74) is 1.45.